The third-order valence-electron chi connectivity index (χ3n) is 3.37. The average Bonchev–Trinajstić information content (AvgIpc) is 2.97. The molecule has 1 fully saturated rings. The molecule has 1 aromatic rings. The van der Waals surface area contributed by atoms with Gasteiger partial charge in [0.1, 0.15) is 6.07 Å². The Bertz CT molecular complexity index is 394. The molecule has 1 N–H and O–H groups in total. The molecule has 4 heteroatoms. The molecule has 0 spiro atoms. The van der Waals surface area contributed by atoms with Gasteiger partial charge in [-0.2, -0.15) is 5.26 Å². The van der Waals surface area contributed by atoms with E-state index in [-0.39, 0.29) is 0 Å². The van der Waals surface area contributed by atoms with E-state index in [0.717, 1.165) is 25.2 Å². The standard InChI is InChI=1S/C13H19N3S/c1-2-16-5-3-4-12(16)8-15-9-13-6-11(7-14)10-17-13/h6,10,12,15H,2-5,8-9H2,1H3. The van der Waals surface area contributed by atoms with Gasteiger partial charge in [-0.15, -0.1) is 11.3 Å². The van der Waals surface area contributed by atoms with Crippen molar-refractivity contribution in [3.8, 4) is 6.07 Å². The van der Waals surface area contributed by atoms with E-state index in [0.29, 0.717) is 6.04 Å². The minimum absolute atomic E-state index is 0.704. The van der Waals surface area contributed by atoms with Crippen LogP contribution >= 0.6 is 11.3 Å². The van der Waals surface area contributed by atoms with Crippen molar-refractivity contribution >= 4 is 11.3 Å². The fourth-order valence-corrected chi connectivity index (χ4v) is 3.22. The first kappa shape index (κ1) is 12.6. The molecule has 0 saturated carbocycles. The van der Waals surface area contributed by atoms with Crippen molar-refractivity contribution in [1.29, 1.82) is 5.26 Å². The Balaban J connectivity index is 1.74. The second-order valence-electron chi connectivity index (χ2n) is 4.47. The number of thiophene rings is 1. The molecule has 1 aliphatic rings. The Labute approximate surface area is 107 Å². The summed E-state index contributed by atoms with van der Waals surface area (Å²) < 4.78 is 0. The van der Waals surface area contributed by atoms with E-state index in [9.17, 15) is 0 Å². The maximum atomic E-state index is 8.75. The molecule has 2 heterocycles. The fourth-order valence-electron chi connectivity index (χ4n) is 2.44. The Morgan fingerprint density at radius 3 is 3.24 bits per heavy atom. The summed E-state index contributed by atoms with van der Waals surface area (Å²) in [5.41, 5.74) is 0.780. The van der Waals surface area contributed by atoms with E-state index < -0.39 is 0 Å². The van der Waals surface area contributed by atoms with Crippen molar-refractivity contribution in [1.82, 2.24) is 10.2 Å². The summed E-state index contributed by atoms with van der Waals surface area (Å²) in [5.74, 6) is 0. The Morgan fingerprint density at radius 2 is 2.53 bits per heavy atom. The number of nitrogens with zero attached hydrogens (tertiary/aromatic N) is 2. The lowest BCUT2D eigenvalue weighted by Crippen LogP contribution is -2.37. The highest BCUT2D eigenvalue weighted by Gasteiger charge is 2.21. The molecule has 0 amide bonds. The molecule has 0 aromatic carbocycles. The maximum Gasteiger partial charge on any atom is 0.100 e. The van der Waals surface area contributed by atoms with Crippen LogP contribution in [0.15, 0.2) is 11.4 Å². The van der Waals surface area contributed by atoms with Gasteiger partial charge in [-0.3, -0.25) is 4.90 Å². The number of hydrogen-bond acceptors (Lipinski definition) is 4. The van der Waals surface area contributed by atoms with Crippen molar-refractivity contribution in [2.45, 2.75) is 32.4 Å². The Morgan fingerprint density at radius 1 is 1.65 bits per heavy atom. The predicted octanol–water partition coefficient (Wildman–Crippen LogP) is 2.19. The van der Waals surface area contributed by atoms with Crippen molar-refractivity contribution in [3.05, 3.63) is 21.9 Å². The first-order valence-corrected chi connectivity index (χ1v) is 7.13. The number of likely N-dealkylation sites (tertiary alicyclic amines) is 1. The number of hydrogen-bond donors (Lipinski definition) is 1. The summed E-state index contributed by atoms with van der Waals surface area (Å²) in [4.78, 5) is 3.80. The van der Waals surface area contributed by atoms with Gasteiger partial charge in [0.05, 0.1) is 5.56 Å². The van der Waals surface area contributed by atoms with Crippen LogP contribution in [0.4, 0.5) is 0 Å². The average molecular weight is 249 g/mol. The van der Waals surface area contributed by atoms with Gasteiger partial charge in [0.15, 0.2) is 0 Å². The number of nitriles is 1. The molecular formula is C13H19N3S. The summed E-state index contributed by atoms with van der Waals surface area (Å²) >= 11 is 1.66. The molecule has 1 atom stereocenters. The van der Waals surface area contributed by atoms with E-state index >= 15 is 0 Å². The summed E-state index contributed by atoms with van der Waals surface area (Å²) in [7, 11) is 0. The first-order chi connectivity index (χ1) is 8.33. The summed E-state index contributed by atoms with van der Waals surface area (Å²) in [6.45, 7) is 6.59. The molecule has 0 radical (unpaired) electrons. The highest BCUT2D eigenvalue weighted by Crippen LogP contribution is 2.17. The third-order valence-corrected chi connectivity index (χ3v) is 4.30. The molecule has 1 aliphatic heterocycles. The molecule has 3 nitrogen and oxygen atoms in total. The topological polar surface area (TPSA) is 39.1 Å². The van der Waals surface area contributed by atoms with Gasteiger partial charge < -0.3 is 5.32 Å². The molecule has 1 unspecified atom stereocenters. The van der Waals surface area contributed by atoms with Crippen LogP contribution in [0, 0.1) is 11.3 Å². The van der Waals surface area contributed by atoms with E-state index in [1.54, 1.807) is 11.3 Å². The van der Waals surface area contributed by atoms with Crippen LogP contribution in [-0.4, -0.2) is 30.6 Å². The molecule has 1 aromatic heterocycles. The molecule has 17 heavy (non-hydrogen) atoms. The SMILES string of the molecule is CCN1CCCC1CNCc1cc(C#N)cs1. The molecule has 2 rings (SSSR count). The van der Waals surface area contributed by atoms with Crippen LogP contribution in [0.5, 0.6) is 0 Å². The zero-order valence-corrected chi connectivity index (χ0v) is 11.1. The Hall–Kier alpha value is -0.890. The van der Waals surface area contributed by atoms with Gasteiger partial charge in [0.25, 0.3) is 0 Å². The van der Waals surface area contributed by atoms with Crippen LogP contribution in [0.25, 0.3) is 0 Å². The van der Waals surface area contributed by atoms with E-state index in [1.807, 2.05) is 11.4 Å². The lowest BCUT2D eigenvalue weighted by atomic mass is 10.2. The van der Waals surface area contributed by atoms with Crippen molar-refractivity contribution in [3.63, 3.8) is 0 Å². The normalized spacial score (nSPS) is 20.6. The van der Waals surface area contributed by atoms with E-state index in [4.69, 9.17) is 5.26 Å². The summed E-state index contributed by atoms with van der Waals surface area (Å²) in [6, 6.07) is 4.85. The Kier molecular flexibility index (Phi) is 4.55. The van der Waals surface area contributed by atoms with Gasteiger partial charge in [-0.1, -0.05) is 6.92 Å². The maximum absolute atomic E-state index is 8.75. The summed E-state index contributed by atoms with van der Waals surface area (Å²) in [5, 5.41) is 14.2. The van der Waals surface area contributed by atoms with Gasteiger partial charge in [-0.05, 0) is 32.0 Å². The second-order valence-corrected chi connectivity index (χ2v) is 5.46. The number of likely N-dealkylation sites (N-methyl/N-ethyl adjacent to an activating group) is 1. The lowest BCUT2D eigenvalue weighted by molar-refractivity contribution is 0.260. The molecule has 1 saturated heterocycles. The summed E-state index contributed by atoms with van der Waals surface area (Å²) in [6.07, 6.45) is 2.65. The van der Waals surface area contributed by atoms with Crippen LogP contribution in [0.3, 0.4) is 0 Å². The molecule has 0 aliphatic carbocycles. The van der Waals surface area contributed by atoms with Gasteiger partial charge in [-0.25, -0.2) is 0 Å². The minimum Gasteiger partial charge on any atom is -0.310 e. The second kappa shape index (κ2) is 6.15. The van der Waals surface area contributed by atoms with Crippen LogP contribution in [0.1, 0.15) is 30.2 Å². The highest BCUT2D eigenvalue weighted by atomic mass is 32.1. The zero-order valence-electron chi connectivity index (χ0n) is 10.3. The number of rotatable bonds is 5. The van der Waals surface area contributed by atoms with Crippen molar-refractivity contribution in [2.75, 3.05) is 19.6 Å². The van der Waals surface area contributed by atoms with Crippen LogP contribution in [0.2, 0.25) is 0 Å². The minimum atomic E-state index is 0.704. The zero-order chi connectivity index (χ0) is 12.1. The van der Waals surface area contributed by atoms with Crippen molar-refractivity contribution in [2.24, 2.45) is 0 Å². The van der Waals surface area contributed by atoms with Gasteiger partial charge >= 0.3 is 0 Å². The lowest BCUT2D eigenvalue weighted by Gasteiger charge is -2.22. The predicted molar refractivity (Wildman–Crippen MR) is 71.0 cm³/mol. The first-order valence-electron chi connectivity index (χ1n) is 6.25. The van der Waals surface area contributed by atoms with Crippen LogP contribution < -0.4 is 5.32 Å². The quantitative estimate of drug-likeness (QED) is 0.869. The molecular weight excluding hydrogens is 230 g/mol. The number of nitrogens with one attached hydrogen (secondary N) is 1. The fraction of sp³-hybridized carbons (Fsp3) is 0.615. The molecule has 0 bridgehead atoms. The van der Waals surface area contributed by atoms with Gasteiger partial charge in [0, 0.05) is 29.4 Å². The largest absolute Gasteiger partial charge is 0.310 e. The van der Waals surface area contributed by atoms with Crippen molar-refractivity contribution < 1.29 is 0 Å². The van der Waals surface area contributed by atoms with E-state index in [2.05, 4.69) is 23.2 Å². The van der Waals surface area contributed by atoms with Gasteiger partial charge in [0.2, 0.25) is 0 Å². The third kappa shape index (κ3) is 3.29. The van der Waals surface area contributed by atoms with Crippen LogP contribution in [-0.2, 0) is 6.54 Å². The molecule has 92 valence electrons. The van der Waals surface area contributed by atoms with E-state index in [1.165, 1.54) is 24.3 Å². The monoisotopic (exact) mass is 249 g/mol. The highest BCUT2D eigenvalue weighted by molar-refractivity contribution is 7.10. The smallest absolute Gasteiger partial charge is 0.100 e.